The second kappa shape index (κ2) is 8.46. The van der Waals surface area contributed by atoms with Crippen molar-refractivity contribution in [2.75, 3.05) is 12.0 Å². The maximum absolute atomic E-state index is 12.0. The van der Waals surface area contributed by atoms with Gasteiger partial charge in [0.1, 0.15) is 11.5 Å². The third-order valence-electron chi connectivity index (χ3n) is 4.02. The van der Waals surface area contributed by atoms with Crippen LogP contribution in [0, 0.1) is 0 Å². The van der Waals surface area contributed by atoms with E-state index in [1.165, 1.54) is 11.3 Å². The first-order valence-electron chi connectivity index (χ1n) is 8.85. The first-order chi connectivity index (χ1) is 14.1. The first kappa shape index (κ1) is 19.2. The summed E-state index contributed by atoms with van der Waals surface area (Å²) in [5.74, 6) is 0.683. The molecule has 1 N–H and O–H groups in total. The Morgan fingerprint density at radius 1 is 1.28 bits per heavy atom. The summed E-state index contributed by atoms with van der Waals surface area (Å²) in [4.78, 5) is 16.5. The standard InChI is InChI=1S/C21H16ClN3O3S/c1-2-27-20(26)15-11-13(7-9-16(15)22)18-10-8-14(28-18)12-23-25-21-24-17-5-3-4-6-19(17)29-21/h3-12H,2H2,1H3,(H,24,25)/b23-12-. The van der Waals surface area contributed by atoms with Crippen LogP contribution >= 0.6 is 22.9 Å². The lowest BCUT2D eigenvalue weighted by Crippen LogP contribution is -2.05. The zero-order valence-corrected chi connectivity index (χ0v) is 17.0. The van der Waals surface area contributed by atoms with Crippen LogP contribution in [0.25, 0.3) is 21.5 Å². The molecule has 0 aliphatic rings. The Balaban J connectivity index is 1.48. The number of aromatic nitrogens is 1. The van der Waals surface area contributed by atoms with E-state index in [1.54, 1.807) is 43.5 Å². The molecular formula is C21H16ClN3O3S. The quantitative estimate of drug-likeness (QED) is 0.239. The molecule has 4 rings (SSSR count). The van der Waals surface area contributed by atoms with Crippen molar-refractivity contribution in [2.45, 2.75) is 6.92 Å². The second-order valence-corrected chi connectivity index (χ2v) is 7.41. The van der Waals surface area contributed by atoms with Gasteiger partial charge in [-0.25, -0.2) is 9.78 Å². The maximum atomic E-state index is 12.0. The van der Waals surface area contributed by atoms with Crippen LogP contribution in [0.5, 0.6) is 0 Å². The predicted octanol–water partition coefficient (Wildman–Crippen LogP) is 5.83. The van der Waals surface area contributed by atoms with E-state index < -0.39 is 5.97 Å². The number of hydrogen-bond acceptors (Lipinski definition) is 7. The van der Waals surface area contributed by atoms with Crippen LogP contribution in [0.4, 0.5) is 5.13 Å². The molecule has 4 aromatic rings. The lowest BCUT2D eigenvalue weighted by Gasteiger charge is -2.05. The molecule has 0 atom stereocenters. The largest absolute Gasteiger partial charge is 0.462 e. The normalized spacial score (nSPS) is 11.2. The van der Waals surface area contributed by atoms with Gasteiger partial charge in [-0.15, -0.1) is 0 Å². The van der Waals surface area contributed by atoms with Crippen molar-refractivity contribution in [2.24, 2.45) is 5.10 Å². The number of benzene rings is 2. The number of anilines is 1. The number of hydrogen-bond donors (Lipinski definition) is 1. The van der Waals surface area contributed by atoms with Gasteiger partial charge in [0.2, 0.25) is 5.13 Å². The number of rotatable bonds is 6. The number of thiazole rings is 1. The van der Waals surface area contributed by atoms with Gasteiger partial charge in [0.15, 0.2) is 0 Å². The molecule has 0 bridgehead atoms. The van der Waals surface area contributed by atoms with Gasteiger partial charge in [-0.1, -0.05) is 35.1 Å². The molecule has 0 amide bonds. The molecule has 6 nitrogen and oxygen atoms in total. The minimum Gasteiger partial charge on any atom is -0.462 e. The number of nitrogens with one attached hydrogen (secondary N) is 1. The van der Waals surface area contributed by atoms with Gasteiger partial charge in [-0.2, -0.15) is 5.10 Å². The number of para-hydroxylation sites is 1. The van der Waals surface area contributed by atoms with E-state index in [0.29, 0.717) is 27.2 Å². The van der Waals surface area contributed by atoms with E-state index in [0.717, 1.165) is 15.8 Å². The third kappa shape index (κ3) is 4.31. The second-order valence-electron chi connectivity index (χ2n) is 5.97. The van der Waals surface area contributed by atoms with Gasteiger partial charge >= 0.3 is 5.97 Å². The molecule has 2 aromatic heterocycles. The summed E-state index contributed by atoms with van der Waals surface area (Å²) >= 11 is 7.63. The molecule has 0 aliphatic heterocycles. The molecule has 0 saturated heterocycles. The molecular weight excluding hydrogens is 410 g/mol. The van der Waals surface area contributed by atoms with E-state index in [4.69, 9.17) is 20.8 Å². The number of carbonyl (C=O) groups excluding carboxylic acids is 1. The predicted molar refractivity (Wildman–Crippen MR) is 116 cm³/mol. The van der Waals surface area contributed by atoms with Crippen LogP contribution in [0.2, 0.25) is 5.02 Å². The highest BCUT2D eigenvalue weighted by atomic mass is 35.5. The Morgan fingerprint density at radius 3 is 2.97 bits per heavy atom. The summed E-state index contributed by atoms with van der Waals surface area (Å²) in [6.45, 7) is 2.03. The average molecular weight is 426 g/mol. The minimum atomic E-state index is -0.465. The topological polar surface area (TPSA) is 76.7 Å². The minimum absolute atomic E-state index is 0.280. The Kier molecular flexibility index (Phi) is 5.59. The van der Waals surface area contributed by atoms with Gasteiger partial charge in [0.05, 0.1) is 33.6 Å². The first-order valence-corrected chi connectivity index (χ1v) is 10.0. The lowest BCUT2D eigenvalue weighted by molar-refractivity contribution is 0.0526. The smallest absolute Gasteiger partial charge is 0.339 e. The summed E-state index contributed by atoms with van der Waals surface area (Å²) in [6.07, 6.45) is 1.57. The molecule has 0 aliphatic carbocycles. The Morgan fingerprint density at radius 2 is 2.14 bits per heavy atom. The van der Waals surface area contributed by atoms with Gasteiger partial charge in [0, 0.05) is 5.56 Å². The van der Waals surface area contributed by atoms with Crippen molar-refractivity contribution in [1.29, 1.82) is 0 Å². The Bertz CT molecular complexity index is 1170. The molecule has 0 saturated carbocycles. The van der Waals surface area contributed by atoms with E-state index in [1.807, 2.05) is 24.3 Å². The van der Waals surface area contributed by atoms with Crippen molar-refractivity contribution in [3.05, 3.63) is 70.9 Å². The summed E-state index contributed by atoms with van der Waals surface area (Å²) in [5.41, 5.74) is 4.86. The number of carbonyl (C=O) groups is 1. The molecule has 0 fully saturated rings. The molecule has 29 heavy (non-hydrogen) atoms. The number of ether oxygens (including phenoxy) is 1. The number of hydrazone groups is 1. The van der Waals surface area contributed by atoms with Gasteiger partial charge in [0.25, 0.3) is 0 Å². The zero-order valence-electron chi connectivity index (χ0n) is 15.4. The van der Waals surface area contributed by atoms with Crippen LogP contribution in [-0.2, 0) is 4.74 Å². The maximum Gasteiger partial charge on any atom is 0.339 e. The Labute approximate surface area is 175 Å². The third-order valence-corrected chi connectivity index (χ3v) is 5.29. The summed E-state index contributed by atoms with van der Waals surface area (Å²) in [6, 6.07) is 16.6. The molecule has 8 heteroatoms. The molecule has 0 spiro atoms. The lowest BCUT2D eigenvalue weighted by atomic mass is 10.1. The van der Waals surface area contributed by atoms with Gasteiger partial charge < -0.3 is 9.15 Å². The number of esters is 1. The highest BCUT2D eigenvalue weighted by Gasteiger charge is 2.14. The van der Waals surface area contributed by atoms with Crippen molar-refractivity contribution in [3.63, 3.8) is 0 Å². The molecule has 2 aromatic carbocycles. The fraction of sp³-hybridized carbons (Fsp3) is 0.0952. The van der Waals surface area contributed by atoms with Crippen molar-refractivity contribution in [1.82, 2.24) is 4.98 Å². The van der Waals surface area contributed by atoms with Crippen LogP contribution in [-0.4, -0.2) is 23.8 Å². The van der Waals surface area contributed by atoms with Crippen LogP contribution in [0.15, 0.2) is 64.1 Å². The van der Waals surface area contributed by atoms with E-state index >= 15 is 0 Å². The van der Waals surface area contributed by atoms with Crippen molar-refractivity contribution >= 4 is 50.5 Å². The average Bonchev–Trinajstić information content (AvgIpc) is 3.35. The van der Waals surface area contributed by atoms with Gasteiger partial charge in [-0.05, 0) is 49.4 Å². The summed E-state index contributed by atoms with van der Waals surface area (Å²) < 4.78 is 11.9. The fourth-order valence-electron chi connectivity index (χ4n) is 2.69. The van der Waals surface area contributed by atoms with Crippen LogP contribution < -0.4 is 5.43 Å². The summed E-state index contributed by atoms with van der Waals surface area (Å²) in [7, 11) is 0. The number of halogens is 1. The molecule has 2 heterocycles. The van der Waals surface area contributed by atoms with E-state index in [2.05, 4.69) is 15.5 Å². The molecule has 0 unspecified atom stereocenters. The van der Waals surface area contributed by atoms with Crippen molar-refractivity contribution < 1.29 is 13.9 Å². The molecule has 0 radical (unpaired) electrons. The number of furan rings is 1. The van der Waals surface area contributed by atoms with Crippen LogP contribution in [0.1, 0.15) is 23.0 Å². The summed E-state index contributed by atoms with van der Waals surface area (Å²) in [5, 5.41) is 5.22. The fourth-order valence-corrected chi connectivity index (χ4v) is 3.70. The highest BCUT2D eigenvalue weighted by Crippen LogP contribution is 2.28. The number of nitrogens with zero attached hydrogens (tertiary/aromatic N) is 2. The highest BCUT2D eigenvalue weighted by molar-refractivity contribution is 7.22. The monoisotopic (exact) mass is 425 g/mol. The SMILES string of the molecule is CCOC(=O)c1cc(-c2ccc(/C=N\Nc3nc4ccccc4s3)o2)ccc1Cl. The number of fused-ring (bicyclic) bond motifs is 1. The van der Waals surface area contributed by atoms with Crippen LogP contribution in [0.3, 0.4) is 0 Å². The van der Waals surface area contributed by atoms with Crippen molar-refractivity contribution in [3.8, 4) is 11.3 Å². The van der Waals surface area contributed by atoms with Gasteiger partial charge in [-0.3, -0.25) is 5.43 Å². The van der Waals surface area contributed by atoms with E-state index in [9.17, 15) is 4.79 Å². The molecule has 146 valence electrons. The Hall–Kier alpha value is -3.16. The van der Waals surface area contributed by atoms with E-state index in [-0.39, 0.29) is 6.61 Å². The zero-order chi connectivity index (χ0) is 20.2.